The van der Waals surface area contributed by atoms with Crippen molar-refractivity contribution in [2.75, 3.05) is 0 Å². The molecule has 16 heavy (non-hydrogen) atoms. The summed E-state index contributed by atoms with van der Waals surface area (Å²) in [6, 6.07) is 0. The Balaban J connectivity index is 3.23. The summed E-state index contributed by atoms with van der Waals surface area (Å²) >= 11 is 0. The Bertz CT molecular complexity index is 241. The molecule has 0 amide bonds. The number of unbranched alkanes of at least 4 members (excludes halogenated alkanes) is 7. The van der Waals surface area contributed by atoms with Crippen molar-refractivity contribution in [2.24, 2.45) is 0 Å². The lowest BCUT2D eigenvalue weighted by molar-refractivity contribution is 0.679. The van der Waals surface area contributed by atoms with E-state index in [1.807, 2.05) is 0 Å². The largest absolute Gasteiger partial charge is 0.103 e. The highest BCUT2D eigenvalue weighted by molar-refractivity contribution is 5.05. The summed E-state index contributed by atoms with van der Waals surface area (Å²) in [4.78, 5) is 0. The molecule has 0 aliphatic heterocycles. The fraction of sp³-hybridized carbons (Fsp3) is 0.750. The normalized spacial score (nSPS) is 8.88. The predicted octanol–water partition coefficient (Wildman–Crippen LogP) is 4.93. The smallest absolute Gasteiger partial charge is 0.0198 e. The van der Waals surface area contributed by atoms with E-state index in [-0.39, 0.29) is 0 Å². The van der Waals surface area contributed by atoms with Gasteiger partial charge in [-0.1, -0.05) is 39.5 Å². The molecule has 0 aromatic carbocycles. The van der Waals surface area contributed by atoms with Crippen LogP contribution in [0.5, 0.6) is 0 Å². The maximum absolute atomic E-state index is 3.23. The minimum atomic E-state index is 0.950. The fourth-order valence-corrected chi connectivity index (χ4v) is 1.38. The third-order valence-electron chi connectivity index (χ3n) is 2.44. The van der Waals surface area contributed by atoms with Gasteiger partial charge in [-0.3, -0.25) is 0 Å². The van der Waals surface area contributed by atoms with Crippen LogP contribution in [0.2, 0.25) is 0 Å². The first kappa shape index (κ1) is 15.1. The first-order valence-corrected chi connectivity index (χ1v) is 6.83. The predicted molar refractivity (Wildman–Crippen MR) is 73.1 cm³/mol. The van der Waals surface area contributed by atoms with E-state index in [9.17, 15) is 0 Å². The van der Waals surface area contributed by atoms with E-state index in [4.69, 9.17) is 0 Å². The second-order valence-corrected chi connectivity index (χ2v) is 4.12. The lowest BCUT2D eigenvalue weighted by Crippen LogP contribution is -1.74. The van der Waals surface area contributed by atoms with Crippen molar-refractivity contribution in [3.05, 3.63) is 0 Å². The Morgan fingerprint density at radius 1 is 0.500 bits per heavy atom. The molecule has 90 valence electrons. The monoisotopic (exact) mass is 218 g/mol. The molecule has 0 heteroatoms. The Morgan fingerprint density at radius 3 is 1.56 bits per heavy atom. The molecule has 0 aromatic heterocycles. The zero-order valence-electron chi connectivity index (χ0n) is 11.1. The zero-order chi connectivity index (χ0) is 11.9. The number of hydrogen-bond acceptors (Lipinski definition) is 0. The van der Waals surface area contributed by atoms with Crippen LogP contribution in [-0.2, 0) is 0 Å². The average molecular weight is 218 g/mol. The van der Waals surface area contributed by atoms with Crippen LogP contribution in [0.4, 0.5) is 0 Å². The molecule has 0 aliphatic carbocycles. The molecule has 0 spiro atoms. The molecule has 0 N–H and O–H groups in total. The van der Waals surface area contributed by atoms with E-state index >= 15 is 0 Å². The van der Waals surface area contributed by atoms with E-state index in [2.05, 4.69) is 37.5 Å². The lowest BCUT2D eigenvalue weighted by Gasteiger charge is -1.91. The van der Waals surface area contributed by atoms with Gasteiger partial charge in [0.2, 0.25) is 0 Å². The third-order valence-corrected chi connectivity index (χ3v) is 2.44. The van der Waals surface area contributed by atoms with Crippen molar-refractivity contribution in [3.8, 4) is 23.7 Å². The minimum absolute atomic E-state index is 0.950. The topological polar surface area (TPSA) is 0 Å². The molecule has 0 heterocycles. The van der Waals surface area contributed by atoms with Crippen LogP contribution < -0.4 is 0 Å². The van der Waals surface area contributed by atoms with Gasteiger partial charge in [-0.05, 0) is 12.8 Å². The molecule has 0 saturated carbocycles. The molecule has 0 rings (SSSR count). The van der Waals surface area contributed by atoms with Crippen molar-refractivity contribution in [2.45, 2.75) is 78.1 Å². The molecule has 0 fully saturated rings. The van der Waals surface area contributed by atoms with Crippen molar-refractivity contribution in [1.29, 1.82) is 0 Å². The fourth-order valence-electron chi connectivity index (χ4n) is 1.38. The van der Waals surface area contributed by atoms with Gasteiger partial charge in [-0.25, -0.2) is 0 Å². The number of rotatable bonds is 7. The van der Waals surface area contributed by atoms with Crippen LogP contribution in [0.3, 0.4) is 0 Å². The van der Waals surface area contributed by atoms with Crippen LogP contribution in [0.1, 0.15) is 78.1 Å². The molecule has 0 atom stereocenters. The average Bonchev–Trinajstić information content (AvgIpc) is 2.31. The summed E-state index contributed by atoms with van der Waals surface area (Å²) in [6.45, 7) is 4.44. The second kappa shape index (κ2) is 14.1. The van der Waals surface area contributed by atoms with Crippen LogP contribution in [-0.4, -0.2) is 0 Å². The Hall–Kier alpha value is -0.880. The maximum atomic E-state index is 3.23. The van der Waals surface area contributed by atoms with Gasteiger partial charge in [0.05, 0.1) is 0 Å². The van der Waals surface area contributed by atoms with Crippen LogP contribution >= 0.6 is 0 Å². The molecular weight excluding hydrogens is 192 g/mol. The zero-order valence-corrected chi connectivity index (χ0v) is 11.1. The molecule has 0 aromatic rings. The van der Waals surface area contributed by atoms with Gasteiger partial charge in [0, 0.05) is 25.7 Å². The van der Waals surface area contributed by atoms with Crippen molar-refractivity contribution in [3.63, 3.8) is 0 Å². The van der Waals surface area contributed by atoms with Crippen LogP contribution in [0.25, 0.3) is 0 Å². The Kier molecular flexibility index (Phi) is 13.3. The van der Waals surface area contributed by atoms with Gasteiger partial charge in [0.15, 0.2) is 0 Å². The summed E-state index contributed by atoms with van der Waals surface area (Å²) < 4.78 is 0. The van der Waals surface area contributed by atoms with E-state index in [1.54, 1.807) is 0 Å². The molecule has 0 saturated heterocycles. The highest BCUT2D eigenvalue weighted by Gasteiger charge is 1.83. The van der Waals surface area contributed by atoms with Gasteiger partial charge in [-0.2, -0.15) is 0 Å². The molecule has 0 aliphatic rings. The van der Waals surface area contributed by atoms with E-state index in [0.717, 1.165) is 25.7 Å². The molecule has 0 nitrogen and oxygen atoms in total. The quantitative estimate of drug-likeness (QED) is 0.419. The summed E-state index contributed by atoms with van der Waals surface area (Å²) in [5.74, 6) is 12.8. The van der Waals surface area contributed by atoms with Gasteiger partial charge >= 0.3 is 0 Å². The van der Waals surface area contributed by atoms with Crippen molar-refractivity contribution >= 4 is 0 Å². The summed E-state index contributed by atoms with van der Waals surface area (Å²) in [5, 5.41) is 0. The summed E-state index contributed by atoms with van der Waals surface area (Å²) in [6.07, 6.45) is 11.8. The standard InChI is InChI=1S/C16H26/c1-3-5-7-9-11-13-15-16-14-12-10-8-6-4-2/h3-9,11,14,16H2,1-2H3. The Morgan fingerprint density at radius 2 is 1.00 bits per heavy atom. The molecule has 0 radical (unpaired) electrons. The van der Waals surface area contributed by atoms with E-state index in [1.165, 1.54) is 38.5 Å². The van der Waals surface area contributed by atoms with E-state index in [0.29, 0.717) is 0 Å². The lowest BCUT2D eigenvalue weighted by atomic mass is 10.1. The first-order chi connectivity index (χ1) is 7.91. The van der Waals surface area contributed by atoms with Gasteiger partial charge in [-0.15, -0.1) is 23.7 Å². The van der Waals surface area contributed by atoms with Crippen LogP contribution in [0, 0.1) is 23.7 Å². The Labute approximate surface area is 102 Å². The second-order valence-electron chi connectivity index (χ2n) is 4.12. The molecule has 0 bridgehead atoms. The van der Waals surface area contributed by atoms with Gasteiger partial charge < -0.3 is 0 Å². The van der Waals surface area contributed by atoms with E-state index < -0.39 is 0 Å². The number of hydrogen-bond donors (Lipinski definition) is 0. The highest BCUT2D eigenvalue weighted by Crippen LogP contribution is 2.01. The minimum Gasteiger partial charge on any atom is -0.103 e. The summed E-state index contributed by atoms with van der Waals surface area (Å²) in [5.41, 5.74) is 0. The third kappa shape index (κ3) is 13.1. The first-order valence-electron chi connectivity index (χ1n) is 6.83. The van der Waals surface area contributed by atoms with Crippen molar-refractivity contribution in [1.82, 2.24) is 0 Å². The highest BCUT2D eigenvalue weighted by atomic mass is 13.9. The SMILES string of the molecule is CCCCC#CCCC#CCCCCCC. The molecular formula is C16H26. The van der Waals surface area contributed by atoms with Crippen LogP contribution in [0.15, 0.2) is 0 Å². The summed E-state index contributed by atoms with van der Waals surface area (Å²) in [7, 11) is 0. The van der Waals surface area contributed by atoms with Gasteiger partial charge in [0.25, 0.3) is 0 Å². The van der Waals surface area contributed by atoms with Crippen molar-refractivity contribution < 1.29 is 0 Å². The molecule has 0 unspecified atom stereocenters. The van der Waals surface area contributed by atoms with Gasteiger partial charge in [0.1, 0.15) is 0 Å². The maximum Gasteiger partial charge on any atom is 0.0198 e.